The number of nitrogens with one attached hydrogen (secondary N) is 2. The molecule has 0 aliphatic carbocycles. The Morgan fingerprint density at radius 2 is 0.931 bits per heavy atom. The SMILES string of the molecule is c1ccc([C@@H](c2ccc[nH]2)c2ccc([C@@H](c3ccccc3)c3ccc[nH]3)[se]2)cc1. The van der Waals surface area contributed by atoms with E-state index in [0.717, 1.165) is 0 Å². The summed E-state index contributed by atoms with van der Waals surface area (Å²) in [6.45, 7) is 0. The van der Waals surface area contributed by atoms with Gasteiger partial charge in [-0.1, -0.05) is 0 Å². The van der Waals surface area contributed by atoms with Gasteiger partial charge in [-0.05, 0) is 0 Å². The normalized spacial score (nSPS) is 13.2. The summed E-state index contributed by atoms with van der Waals surface area (Å²) in [7, 11) is 0. The van der Waals surface area contributed by atoms with E-state index in [4.69, 9.17) is 0 Å². The van der Waals surface area contributed by atoms with Crippen LogP contribution in [0.2, 0.25) is 0 Å². The molecule has 0 aliphatic rings. The van der Waals surface area contributed by atoms with Crippen LogP contribution in [-0.4, -0.2) is 24.5 Å². The van der Waals surface area contributed by atoms with Crippen LogP contribution in [0.25, 0.3) is 0 Å². The van der Waals surface area contributed by atoms with Gasteiger partial charge < -0.3 is 0 Å². The predicted molar refractivity (Wildman–Crippen MR) is 120 cm³/mol. The van der Waals surface area contributed by atoms with Crippen LogP contribution in [0.3, 0.4) is 0 Å². The predicted octanol–water partition coefficient (Wildman–Crippen LogP) is 5.76. The van der Waals surface area contributed by atoms with E-state index in [0.29, 0.717) is 0 Å². The van der Waals surface area contributed by atoms with Gasteiger partial charge in [-0.3, -0.25) is 0 Å². The first kappa shape index (κ1) is 18.1. The van der Waals surface area contributed by atoms with Crippen LogP contribution in [0.1, 0.15) is 43.2 Å². The van der Waals surface area contributed by atoms with Crippen LogP contribution in [0.5, 0.6) is 0 Å². The molecule has 5 aromatic rings. The Hall–Kier alpha value is -3.00. The van der Waals surface area contributed by atoms with Gasteiger partial charge in [0.25, 0.3) is 0 Å². The summed E-state index contributed by atoms with van der Waals surface area (Å²) in [5, 5.41) is 0. The van der Waals surface area contributed by atoms with Crippen LogP contribution in [0.4, 0.5) is 0 Å². The van der Waals surface area contributed by atoms with Gasteiger partial charge in [0.2, 0.25) is 0 Å². The van der Waals surface area contributed by atoms with Crippen molar-refractivity contribution >= 4 is 14.5 Å². The molecule has 3 heterocycles. The molecule has 5 rings (SSSR count). The van der Waals surface area contributed by atoms with Crippen LogP contribution >= 0.6 is 0 Å². The third-order valence-corrected chi connectivity index (χ3v) is 7.90. The van der Waals surface area contributed by atoms with Crippen LogP contribution in [0.15, 0.2) is 109 Å². The van der Waals surface area contributed by atoms with Gasteiger partial charge in [0.05, 0.1) is 0 Å². The fourth-order valence-corrected chi connectivity index (χ4v) is 6.75. The summed E-state index contributed by atoms with van der Waals surface area (Å²) in [6, 6.07) is 34.9. The van der Waals surface area contributed by atoms with Gasteiger partial charge in [0.1, 0.15) is 0 Å². The van der Waals surface area contributed by atoms with Gasteiger partial charge in [-0.15, -0.1) is 0 Å². The minimum absolute atomic E-state index is 0.275. The standard InChI is InChI=1S/C26H22N2Se/c1-3-9-19(10-4-1)25(21-13-7-17-27-21)23-15-16-24(29-23)26(22-14-8-18-28-22)20-11-5-2-6-12-20/h1-18,25-28H/t25-,26-/m0/s1. The Morgan fingerprint density at radius 1 is 0.483 bits per heavy atom. The minimum atomic E-state index is 0.275. The summed E-state index contributed by atoms with van der Waals surface area (Å²) in [5.41, 5.74) is 5.20. The van der Waals surface area contributed by atoms with Gasteiger partial charge in [-0.25, -0.2) is 0 Å². The van der Waals surface area contributed by atoms with Crippen molar-refractivity contribution in [3.8, 4) is 0 Å². The molecular formula is C26H22N2Se. The molecule has 0 bridgehead atoms. The molecule has 2 nitrogen and oxygen atoms in total. The number of H-pyrrole nitrogens is 2. The fourth-order valence-electron chi connectivity index (χ4n) is 4.01. The van der Waals surface area contributed by atoms with E-state index < -0.39 is 0 Å². The zero-order chi connectivity index (χ0) is 19.5. The monoisotopic (exact) mass is 442 g/mol. The number of benzene rings is 2. The van der Waals surface area contributed by atoms with E-state index in [2.05, 4.69) is 107 Å². The number of hydrogen-bond acceptors (Lipinski definition) is 0. The average molecular weight is 441 g/mol. The van der Waals surface area contributed by atoms with Crippen molar-refractivity contribution < 1.29 is 0 Å². The first-order valence-corrected chi connectivity index (χ1v) is 11.6. The Kier molecular flexibility index (Phi) is 5.08. The molecule has 0 radical (unpaired) electrons. The van der Waals surface area contributed by atoms with Gasteiger partial charge in [-0.2, -0.15) is 0 Å². The van der Waals surface area contributed by atoms with Crippen molar-refractivity contribution in [2.24, 2.45) is 0 Å². The molecule has 0 saturated carbocycles. The molecule has 3 aromatic heterocycles. The van der Waals surface area contributed by atoms with Gasteiger partial charge in [0.15, 0.2) is 0 Å². The molecule has 0 unspecified atom stereocenters. The molecule has 2 N–H and O–H groups in total. The molecule has 3 heteroatoms. The number of aromatic nitrogens is 2. The molecule has 0 amide bonds. The number of aromatic amines is 2. The Bertz CT molecular complexity index is 1050. The zero-order valence-corrected chi connectivity index (χ0v) is 17.7. The van der Waals surface area contributed by atoms with Crippen LogP contribution in [-0.2, 0) is 0 Å². The second-order valence-corrected chi connectivity index (χ2v) is 9.58. The van der Waals surface area contributed by atoms with E-state index in [-0.39, 0.29) is 26.3 Å². The molecule has 0 fully saturated rings. The van der Waals surface area contributed by atoms with E-state index in [1.165, 1.54) is 31.4 Å². The molecule has 142 valence electrons. The Labute approximate surface area is 177 Å². The van der Waals surface area contributed by atoms with Gasteiger partial charge >= 0.3 is 177 Å². The van der Waals surface area contributed by atoms with Crippen molar-refractivity contribution in [2.75, 3.05) is 0 Å². The van der Waals surface area contributed by atoms with E-state index >= 15 is 0 Å². The number of rotatable bonds is 6. The molecular weight excluding hydrogens is 419 g/mol. The number of hydrogen-bond donors (Lipinski definition) is 2. The fraction of sp³-hybridized carbons (Fsp3) is 0.0769. The quantitative estimate of drug-likeness (QED) is 0.314. The molecule has 0 aliphatic heterocycles. The van der Waals surface area contributed by atoms with Crippen LogP contribution in [0, 0.1) is 0 Å². The topological polar surface area (TPSA) is 31.6 Å². The maximum atomic E-state index is 3.46. The molecule has 2 aromatic carbocycles. The third kappa shape index (κ3) is 3.67. The van der Waals surface area contributed by atoms with Crippen molar-refractivity contribution in [3.63, 3.8) is 0 Å². The van der Waals surface area contributed by atoms with Crippen molar-refractivity contribution in [2.45, 2.75) is 11.8 Å². The molecule has 29 heavy (non-hydrogen) atoms. The average Bonchev–Trinajstić information content (AvgIpc) is 3.54. The van der Waals surface area contributed by atoms with Crippen molar-refractivity contribution in [3.05, 3.63) is 141 Å². The summed E-state index contributed by atoms with van der Waals surface area (Å²) in [4.78, 5) is 6.91. The van der Waals surface area contributed by atoms with E-state index in [1.807, 2.05) is 12.4 Å². The summed E-state index contributed by atoms with van der Waals surface area (Å²) in [6.07, 6.45) is 4.04. The first-order chi connectivity index (χ1) is 14.4. The third-order valence-electron chi connectivity index (χ3n) is 5.35. The van der Waals surface area contributed by atoms with E-state index in [9.17, 15) is 0 Å². The maximum absolute atomic E-state index is 3.46. The van der Waals surface area contributed by atoms with Gasteiger partial charge in [0, 0.05) is 0 Å². The molecule has 0 spiro atoms. The summed E-state index contributed by atoms with van der Waals surface area (Å²) < 4.78 is 2.99. The zero-order valence-electron chi connectivity index (χ0n) is 16.0. The summed E-state index contributed by atoms with van der Waals surface area (Å²) >= 11 is 0.275. The Morgan fingerprint density at radius 3 is 1.31 bits per heavy atom. The second kappa shape index (κ2) is 8.16. The van der Waals surface area contributed by atoms with E-state index in [1.54, 1.807) is 0 Å². The first-order valence-electron chi connectivity index (χ1n) is 9.86. The second-order valence-electron chi connectivity index (χ2n) is 7.18. The Balaban J connectivity index is 1.59. The molecule has 2 atom stereocenters. The van der Waals surface area contributed by atoms with Crippen LogP contribution < -0.4 is 0 Å². The van der Waals surface area contributed by atoms with Crippen molar-refractivity contribution in [1.29, 1.82) is 0 Å². The summed E-state index contributed by atoms with van der Waals surface area (Å²) in [5.74, 6) is 0.556. The van der Waals surface area contributed by atoms with Crippen molar-refractivity contribution in [1.82, 2.24) is 9.97 Å². The molecule has 0 saturated heterocycles.